The van der Waals surface area contributed by atoms with Crippen molar-refractivity contribution in [3.8, 4) is 11.8 Å². The normalized spacial score (nSPS) is 13.5. The molecule has 0 atom stereocenters. The Kier molecular flexibility index (Phi) is 5.82. The van der Waals surface area contributed by atoms with E-state index in [2.05, 4.69) is 15.9 Å². The van der Waals surface area contributed by atoms with Crippen molar-refractivity contribution in [2.24, 2.45) is 0 Å². The van der Waals surface area contributed by atoms with Crippen molar-refractivity contribution in [2.45, 2.75) is 44.2 Å². The Bertz CT molecular complexity index is 1320. The number of hydrogen-bond donors (Lipinski definition) is 1. The molecule has 1 heterocycles. The number of nitriles is 1. The highest BCUT2D eigenvalue weighted by Gasteiger charge is 2.29. The Labute approximate surface area is 186 Å². The number of nitrogens with zero attached hydrogens (tertiary/aromatic N) is 3. The number of sulfonamides is 1. The van der Waals surface area contributed by atoms with E-state index in [0.717, 1.165) is 18.5 Å². The number of carbonyl (C=O) groups excluding carboxylic acids is 1. The molecule has 1 fully saturated rings. The molecule has 1 aliphatic carbocycles. The molecule has 1 aromatic heterocycles. The van der Waals surface area contributed by atoms with Crippen LogP contribution in [0.25, 0.3) is 5.69 Å². The number of nitrogens with one attached hydrogen (secondary N) is 1. The number of rotatable bonds is 7. The molecule has 1 N–H and O–H groups in total. The summed E-state index contributed by atoms with van der Waals surface area (Å²) in [6, 6.07) is 15.7. The van der Waals surface area contributed by atoms with Crippen LogP contribution in [0.5, 0.6) is 0 Å². The first kappa shape index (κ1) is 21.7. The molecule has 0 saturated heterocycles. The Balaban J connectivity index is 1.60. The van der Waals surface area contributed by atoms with Crippen LogP contribution in [0.3, 0.4) is 0 Å². The maximum Gasteiger partial charge on any atom is 0.338 e. The summed E-state index contributed by atoms with van der Waals surface area (Å²) in [5.74, 6) is -0.673. The van der Waals surface area contributed by atoms with Gasteiger partial charge in [0.2, 0.25) is 10.0 Å². The van der Waals surface area contributed by atoms with Crippen LogP contribution in [-0.4, -0.2) is 30.2 Å². The lowest BCUT2D eigenvalue weighted by Gasteiger charge is -2.12. The first-order chi connectivity index (χ1) is 15.3. The van der Waals surface area contributed by atoms with Gasteiger partial charge >= 0.3 is 5.97 Å². The van der Waals surface area contributed by atoms with Crippen LogP contribution < -0.4 is 4.72 Å². The molecule has 8 nitrogen and oxygen atoms in total. The van der Waals surface area contributed by atoms with Gasteiger partial charge in [0.25, 0.3) is 0 Å². The predicted molar refractivity (Wildman–Crippen MR) is 117 cm³/mol. The van der Waals surface area contributed by atoms with Crippen LogP contribution in [0.1, 0.15) is 45.7 Å². The van der Waals surface area contributed by atoms with E-state index in [1.807, 2.05) is 30.3 Å². The zero-order valence-corrected chi connectivity index (χ0v) is 18.5. The van der Waals surface area contributed by atoms with E-state index in [9.17, 15) is 18.5 Å². The molecular weight excluding hydrogens is 428 g/mol. The van der Waals surface area contributed by atoms with Gasteiger partial charge in [-0.1, -0.05) is 24.3 Å². The summed E-state index contributed by atoms with van der Waals surface area (Å²) >= 11 is 0. The third-order valence-electron chi connectivity index (χ3n) is 5.25. The Morgan fingerprint density at radius 1 is 1.22 bits per heavy atom. The highest BCUT2D eigenvalue weighted by molar-refractivity contribution is 7.89. The Hall–Kier alpha value is -3.48. The number of ether oxygens (including phenoxy) is 1. The van der Waals surface area contributed by atoms with Gasteiger partial charge in [0, 0.05) is 6.04 Å². The van der Waals surface area contributed by atoms with Gasteiger partial charge < -0.3 is 4.74 Å². The predicted octanol–water partition coefficient (Wildman–Crippen LogP) is 3.16. The maximum atomic E-state index is 12.9. The van der Waals surface area contributed by atoms with Crippen molar-refractivity contribution in [3.05, 3.63) is 76.6 Å². The smallest absolute Gasteiger partial charge is 0.338 e. The van der Waals surface area contributed by atoms with Gasteiger partial charge in [0.05, 0.1) is 27.5 Å². The number of esters is 1. The number of aryl methyl sites for hydroxylation is 2. The summed E-state index contributed by atoms with van der Waals surface area (Å²) in [4.78, 5) is 12.9. The molecule has 9 heteroatoms. The molecule has 1 saturated carbocycles. The molecule has 2 aromatic carbocycles. The van der Waals surface area contributed by atoms with Gasteiger partial charge in [0.15, 0.2) is 0 Å². The van der Waals surface area contributed by atoms with Crippen molar-refractivity contribution in [2.75, 3.05) is 0 Å². The van der Waals surface area contributed by atoms with Crippen LogP contribution >= 0.6 is 0 Å². The molecule has 0 aliphatic heterocycles. The lowest BCUT2D eigenvalue weighted by molar-refractivity contribution is 0.0463. The fraction of sp³-hybridized carbons (Fsp3) is 0.261. The highest BCUT2D eigenvalue weighted by atomic mass is 32.2. The summed E-state index contributed by atoms with van der Waals surface area (Å²) in [6.07, 6.45) is 1.63. The molecule has 0 bridgehead atoms. The second-order valence-corrected chi connectivity index (χ2v) is 9.43. The van der Waals surface area contributed by atoms with Crippen LogP contribution in [-0.2, 0) is 21.4 Å². The first-order valence-electron chi connectivity index (χ1n) is 10.1. The minimum atomic E-state index is -3.70. The number of para-hydroxylation sites is 1. The first-order valence-corrected chi connectivity index (χ1v) is 11.6. The molecule has 0 amide bonds. The van der Waals surface area contributed by atoms with E-state index in [4.69, 9.17) is 4.74 Å². The SMILES string of the molecule is Cc1ccc(S(=O)(=O)NC2CC2)cc1C(=O)OCc1c(C#N)c(C)nn1-c1ccccc1. The van der Waals surface area contributed by atoms with E-state index in [-0.39, 0.29) is 23.1 Å². The van der Waals surface area contributed by atoms with E-state index in [0.29, 0.717) is 22.5 Å². The summed E-state index contributed by atoms with van der Waals surface area (Å²) in [5, 5.41) is 14.0. The molecule has 3 aromatic rings. The average molecular weight is 451 g/mol. The largest absolute Gasteiger partial charge is 0.456 e. The number of aromatic nitrogens is 2. The zero-order valence-electron chi connectivity index (χ0n) is 17.7. The van der Waals surface area contributed by atoms with E-state index in [1.165, 1.54) is 12.1 Å². The molecule has 1 aliphatic rings. The Morgan fingerprint density at radius 3 is 2.59 bits per heavy atom. The molecule has 4 rings (SSSR count). The minimum absolute atomic E-state index is 0.0184. The van der Waals surface area contributed by atoms with Gasteiger partial charge in [-0.15, -0.1) is 0 Å². The minimum Gasteiger partial charge on any atom is -0.456 e. The number of benzene rings is 2. The van der Waals surface area contributed by atoms with Gasteiger partial charge in [-0.3, -0.25) is 0 Å². The summed E-state index contributed by atoms with van der Waals surface area (Å²) in [7, 11) is -3.70. The van der Waals surface area contributed by atoms with E-state index < -0.39 is 16.0 Å². The lowest BCUT2D eigenvalue weighted by atomic mass is 10.1. The van der Waals surface area contributed by atoms with Crippen molar-refractivity contribution >= 4 is 16.0 Å². The molecule has 32 heavy (non-hydrogen) atoms. The van der Waals surface area contributed by atoms with Gasteiger partial charge in [-0.25, -0.2) is 22.6 Å². The third kappa shape index (κ3) is 4.42. The lowest BCUT2D eigenvalue weighted by Crippen LogP contribution is -2.26. The molecule has 0 radical (unpaired) electrons. The second kappa shape index (κ2) is 8.57. The average Bonchev–Trinajstić information content (AvgIpc) is 3.52. The van der Waals surface area contributed by atoms with E-state index >= 15 is 0 Å². The monoisotopic (exact) mass is 450 g/mol. The van der Waals surface area contributed by atoms with Crippen LogP contribution in [0.4, 0.5) is 0 Å². The number of carbonyl (C=O) groups is 1. The zero-order chi connectivity index (χ0) is 22.9. The third-order valence-corrected chi connectivity index (χ3v) is 6.77. The number of hydrogen-bond acceptors (Lipinski definition) is 6. The Morgan fingerprint density at radius 2 is 1.94 bits per heavy atom. The van der Waals surface area contributed by atoms with E-state index in [1.54, 1.807) is 24.6 Å². The molecule has 0 unspecified atom stereocenters. The summed E-state index contributed by atoms with van der Waals surface area (Å²) < 4.78 is 34.7. The van der Waals surface area contributed by atoms with Gasteiger partial charge in [0.1, 0.15) is 18.2 Å². The fourth-order valence-corrected chi connectivity index (χ4v) is 4.66. The summed E-state index contributed by atoms with van der Waals surface area (Å²) in [5.41, 5.74) is 2.79. The standard InChI is InChI=1S/C23H22N4O4S/c1-15-8-11-19(32(29,30)26-17-9-10-17)12-20(15)23(28)31-14-22-21(13-24)16(2)25-27(22)18-6-4-3-5-7-18/h3-8,11-12,17,26H,9-10,14H2,1-2H3. The van der Waals surface area contributed by atoms with Gasteiger partial charge in [-0.05, 0) is 56.5 Å². The molecule has 164 valence electrons. The second-order valence-electron chi connectivity index (χ2n) is 7.71. The molecular formula is C23H22N4O4S. The van der Waals surface area contributed by atoms with Crippen LogP contribution in [0.2, 0.25) is 0 Å². The van der Waals surface area contributed by atoms with Crippen LogP contribution in [0, 0.1) is 25.2 Å². The van der Waals surface area contributed by atoms with Crippen LogP contribution in [0.15, 0.2) is 53.4 Å². The van der Waals surface area contributed by atoms with Crippen molar-refractivity contribution in [3.63, 3.8) is 0 Å². The van der Waals surface area contributed by atoms with Crippen molar-refractivity contribution in [1.29, 1.82) is 5.26 Å². The quantitative estimate of drug-likeness (QED) is 0.553. The highest BCUT2D eigenvalue weighted by Crippen LogP contribution is 2.24. The van der Waals surface area contributed by atoms with Crippen molar-refractivity contribution < 1.29 is 17.9 Å². The van der Waals surface area contributed by atoms with Crippen molar-refractivity contribution in [1.82, 2.24) is 14.5 Å². The summed E-state index contributed by atoms with van der Waals surface area (Å²) in [6.45, 7) is 3.24. The van der Waals surface area contributed by atoms with Gasteiger partial charge in [-0.2, -0.15) is 10.4 Å². The fourth-order valence-electron chi connectivity index (χ4n) is 3.33. The maximum absolute atomic E-state index is 12.9. The molecule has 0 spiro atoms. The topological polar surface area (TPSA) is 114 Å².